The number of hydrogen-bond donors (Lipinski definition) is 0. The summed E-state index contributed by atoms with van der Waals surface area (Å²) in [6, 6.07) is 14.0. The van der Waals surface area contributed by atoms with Crippen LogP contribution >= 0.6 is 0 Å². The van der Waals surface area contributed by atoms with Crippen LogP contribution in [-0.4, -0.2) is 28.9 Å². The summed E-state index contributed by atoms with van der Waals surface area (Å²) >= 11 is 0. The molecule has 0 saturated carbocycles. The fourth-order valence-electron chi connectivity index (χ4n) is 2.16. The van der Waals surface area contributed by atoms with Gasteiger partial charge in [-0.3, -0.25) is 0 Å². The van der Waals surface area contributed by atoms with Crippen molar-refractivity contribution >= 4 is 19.8 Å². The number of benzene rings is 2. The molecule has 0 N–H and O–H groups in total. The van der Waals surface area contributed by atoms with Crippen molar-refractivity contribution in [1.29, 1.82) is 0 Å². The monoisotopic (exact) mass is 306 g/mol. The summed E-state index contributed by atoms with van der Waals surface area (Å²) in [7, 11) is -3.15. The van der Waals surface area contributed by atoms with Gasteiger partial charge in [-0.1, -0.05) is 36.4 Å². The molecule has 0 aliphatic carbocycles. The lowest BCUT2D eigenvalue weighted by Crippen LogP contribution is -2.52. The Bertz CT molecular complexity index is 551. The summed E-state index contributed by atoms with van der Waals surface area (Å²) in [5, 5.41) is 2.14. The van der Waals surface area contributed by atoms with E-state index < -0.39 is 9.05 Å². The largest absolute Gasteiger partial charge is 0.749 e. The summed E-state index contributed by atoms with van der Waals surface area (Å²) in [5.41, 5.74) is 0. The van der Waals surface area contributed by atoms with Crippen molar-refractivity contribution in [2.24, 2.45) is 0 Å². The van der Waals surface area contributed by atoms with Crippen LogP contribution < -0.4 is 4.43 Å². The molecule has 0 unspecified atom stereocenters. The molecule has 0 spiro atoms. The Balaban J connectivity index is 2.37. The first-order chi connectivity index (χ1) is 10.2. The highest BCUT2D eigenvalue weighted by molar-refractivity contribution is 6.54. The van der Waals surface area contributed by atoms with Gasteiger partial charge in [0.25, 0.3) is 0 Å². The molecule has 0 heterocycles. The maximum absolute atomic E-state index is 6.11. The maximum atomic E-state index is 6.11. The van der Waals surface area contributed by atoms with Crippen LogP contribution in [0.1, 0.15) is 20.8 Å². The van der Waals surface area contributed by atoms with E-state index >= 15 is 0 Å². The average molecular weight is 306 g/mol. The lowest BCUT2D eigenvalue weighted by molar-refractivity contribution is 0.0101. The minimum absolute atomic E-state index is 0.483. The summed E-state index contributed by atoms with van der Waals surface area (Å²) in [6.45, 7) is 7.18. The van der Waals surface area contributed by atoms with Crippen LogP contribution in [0.2, 0.25) is 0 Å². The normalized spacial score (nSPS) is 11.8. The quantitative estimate of drug-likeness (QED) is 0.696. The Hall–Kier alpha value is -1.40. The standard InChI is InChI=1S/C16H22O4Si/c1-4-17-21(18-5-2,19-6-3)20-16-13-9-11-14-10-7-8-12-15(14)16/h7-13H,4-6H2,1-3H3. The zero-order valence-corrected chi connectivity index (χ0v) is 13.8. The van der Waals surface area contributed by atoms with Gasteiger partial charge in [-0.2, -0.15) is 0 Å². The van der Waals surface area contributed by atoms with Gasteiger partial charge in [0.05, 0.1) is 0 Å². The lowest BCUT2D eigenvalue weighted by atomic mass is 10.1. The van der Waals surface area contributed by atoms with E-state index in [1.165, 1.54) is 0 Å². The summed E-state index contributed by atoms with van der Waals surface area (Å²) < 4.78 is 23.3. The molecular weight excluding hydrogens is 284 g/mol. The zero-order valence-electron chi connectivity index (χ0n) is 12.8. The van der Waals surface area contributed by atoms with E-state index in [0.29, 0.717) is 19.8 Å². The predicted octanol–water partition coefficient (Wildman–Crippen LogP) is 3.76. The first-order valence-corrected chi connectivity index (χ1v) is 8.96. The van der Waals surface area contributed by atoms with Crippen LogP contribution in [-0.2, 0) is 13.3 Å². The summed E-state index contributed by atoms with van der Waals surface area (Å²) in [4.78, 5) is 0. The molecule has 0 amide bonds. The molecule has 0 bridgehead atoms. The highest BCUT2D eigenvalue weighted by Gasteiger charge is 2.48. The van der Waals surface area contributed by atoms with Crippen molar-refractivity contribution in [3.8, 4) is 5.75 Å². The van der Waals surface area contributed by atoms with Crippen LogP contribution in [0.3, 0.4) is 0 Å². The Morgan fingerprint density at radius 1 is 0.762 bits per heavy atom. The molecule has 0 aliphatic heterocycles. The Kier molecular flexibility index (Phi) is 5.75. The fourth-order valence-corrected chi connectivity index (χ4v) is 4.10. The molecule has 0 atom stereocenters. The molecule has 0 saturated heterocycles. The molecule has 0 fully saturated rings. The third-order valence-electron chi connectivity index (χ3n) is 2.95. The fraction of sp³-hybridized carbons (Fsp3) is 0.375. The summed E-state index contributed by atoms with van der Waals surface area (Å²) in [5.74, 6) is 0.732. The molecule has 114 valence electrons. The molecule has 0 radical (unpaired) electrons. The molecule has 2 aromatic rings. The van der Waals surface area contributed by atoms with E-state index in [9.17, 15) is 0 Å². The van der Waals surface area contributed by atoms with Crippen molar-refractivity contribution < 1.29 is 17.7 Å². The second-order valence-electron chi connectivity index (χ2n) is 4.38. The average Bonchev–Trinajstić information content (AvgIpc) is 2.48. The molecule has 2 aromatic carbocycles. The molecule has 21 heavy (non-hydrogen) atoms. The van der Waals surface area contributed by atoms with Crippen LogP contribution in [0.25, 0.3) is 10.8 Å². The lowest BCUT2D eigenvalue weighted by Gasteiger charge is -2.27. The third kappa shape index (κ3) is 3.82. The van der Waals surface area contributed by atoms with Crippen LogP contribution in [0.15, 0.2) is 42.5 Å². The highest BCUT2D eigenvalue weighted by Crippen LogP contribution is 2.28. The number of fused-ring (bicyclic) bond motifs is 1. The molecular formula is C16H22O4Si. The minimum Gasteiger partial charge on any atom is -0.479 e. The van der Waals surface area contributed by atoms with Gasteiger partial charge in [0.1, 0.15) is 5.75 Å². The first-order valence-electron chi connectivity index (χ1n) is 7.33. The second-order valence-corrected chi connectivity index (χ2v) is 6.45. The van der Waals surface area contributed by atoms with E-state index in [-0.39, 0.29) is 0 Å². The molecule has 5 heteroatoms. The maximum Gasteiger partial charge on any atom is 0.749 e. The third-order valence-corrected chi connectivity index (χ3v) is 5.34. The van der Waals surface area contributed by atoms with Gasteiger partial charge in [-0.15, -0.1) is 0 Å². The van der Waals surface area contributed by atoms with Crippen molar-refractivity contribution in [3.63, 3.8) is 0 Å². The molecule has 2 rings (SSSR count). The van der Waals surface area contributed by atoms with E-state index in [1.807, 2.05) is 63.2 Å². The van der Waals surface area contributed by atoms with Crippen molar-refractivity contribution in [2.45, 2.75) is 20.8 Å². The van der Waals surface area contributed by atoms with Crippen LogP contribution in [0.4, 0.5) is 0 Å². The van der Waals surface area contributed by atoms with E-state index in [4.69, 9.17) is 17.7 Å². The smallest absolute Gasteiger partial charge is 0.479 e. The van der Waals surface area contributed by atoms with Crippen molar-refractivity contribution in [1.82, 2.24) is 0 Å². The first kappa shape index (κ1) is 16.0. The number of hydrogen-bond acceptors (Lipinski definition) is 4. The molecule has 0 aromatic heterocycles. The van der Waals surface area contributed by atoms with Gasteiger partial charge in [0, 0.05) is 25.2 Å². The van der Waals surface area contributed by atoms with Crippen LogP contribution in [0.5, 0.6) is 5.75 Å². The topological polar surface area (TPSA) is 36.9 Å². The van der Waals surface area contributed by atoms with Crippen molar-refractivity contribution in [3.05, 3.63) is 42.5 Å². The molecule has 0 aliphatic rings. The Morgan fingerprint density at radius 3 is 1.95 bits per heavy atom. The minimum atomic E-state index is -3.15. The zero-order chi connectivity index (χ0) is 15.1. The van der Waals surface area contributed by atoms with Gasteiger partial charge in [-0.25, -0.2) is 0 Å². The SMILES string of the molecule is CCO[Si](OCC)(OCC)Oc1cccc2ccccc12. The van der Waals surface area contributed by atoms with Gasteiger partial charge >= 0.3 is 9.05 Å². The summed E-state index contributed by atoms with van der Waals surface area (Å²) in [6.07, 6.45) is 0. The number of rotatable bonds is 8. The van der Waals surface area contributed by atoms with Gasteiger partial charge in [-0.05, 0) is 32.2 Å². The van der Waals surface area contributed by atoms with E-state index in [0.717, 1.165) is 16.5 Å². The van der Waals surface area contributed by atoms with E-state index in [1.54, 1.807) is 0 Å². The Labute approximate surface area is 127 Å². The van der Waals surface area contributed by atoms with Gasteiger partial charge < -0.3 is 17.7 Å². The van der Waals surface area contributed by atoms with Gasteiger partial charge in [0.2, 0.25) is 0 Å². The molecule has 4 nitrogen and oxygen atoms in total. The Morgan fingerprint density at radius 2 is 1.33 bits per heavy atom. The van der Waals surface area contributed by atoms with Gasteiger partial charge in [0.15, 0.2) is 0 Å². The van der Waals surface area contributed by atoms with E-state index in [2.05, 4.69) is 0 Å². The van der Waals surface area contributed by atoms with Crippen molar-refractivity contribution in [2.75, 3.05) is 19.8 Å². The predicted molar refractivity (Wildman–Crippen MR) is 85.2 cm³/mol. The van der Waals surface area contributed by atoms with Crippen LogP contribution in [0, 0.1) is 0 Å². The highest BCUT2D eigenvalue weighted by atomic mass is 28.4. The second kappa shape index (κ2) is 7.56.